The van der Waals surface area contributed by atoms with Crippen LogP contribution in [-0.4, -0.2) is 29.8 Å². The van der Waals surface area contributed by atoms with Crippen molar-refractivity contribution >= 4 is 5.78 Å². The lowest BCUT2D eigenvalue weighted by Gasteiger charge is -2.35. The maximum atomic E-state index is 13.1. The number of carbonyl (C=O) groups is 1. The van der Waals surface area contributed by atoms with Crippen molar-refractivity contribution in [1.82, 2.24) is 4.90 Å². The molecule has 1 heterocycles. The number of benzene rings is 1. The van der Waals surface area contributed by atoms with Gasteiger partial charge in [-0.05, 0) is 37.9 Å². The van der Waals surface area contributed by atoms with Gasteiger partial charge in [0.15, 0.2) is 5.78 Å². The van der Waals surface area contributed by atoms with Gasteiger partial charge >= 0.3 is 0 Å². The van der Waals surface area contributed by atoms with Crippen LogP contribution in [0.25, 0.3) is 0 Å². The monoisotopic (exact) mass is 263 g/mol. The quantitative estimate of drug-likeness (QED) is 0.756. The third kappa shape index (κ3) is 3.87. The summed E-state index contributed by atoms with van der Waals surface area (Å²) in [7, 11) is 0. The average Bonchev–Trinajstić information content (AvgIpc) is 2.45. The summed E-state index contributed by atoms with van der Waals surface area (Å²) >= 11 is 0. The van der Waals surface area contributed by atoms with E-state index in [4.69, 9.17) is 0 Å². The molecule has 1 aliphatic rings. The van der Waals surface area contributed by atoms with Gasteiger partial charge in [-0.15, -0.1) is 0 Å². The van der Waals surface area contributed by atoms with Crippen LogP contribution in [-0.2, 0) is 0 Å². The largest absolute Gasteiger partial charge is 0.300 e. The fraction of sp³-hybridized carbons (Fsp3) is 0.562. The van der Waals surface area contributed by atoms with E-state index >= 15 is 0 Å². The second-order valence-electron chi connectivity index (χ2n) is 5.28. The zero-order valence-electron chi connectivity index (χ0n) is 11.6. The lowest BCUT2D eigenvalue weighted by atomic mass is 9.99. The van der Waals surface area contributed by atoms with E-state index in [-0.39, 0.29) is 11.6 Å². The maximum absolute atomic E-state index is 13.1. The summed E-state index contributed by atoms with van der Waals surface area (Å²) in [6, 6.07) is 6.61. The van der Waals surface area contributed by atoms with Gasteiger partial charge in [-0.1, -0.05) is 25.5 Å². The number of likely N-dealkylation sites (tertiary alicyclic amines) is 1. The van der Waals surface area contributed by atoms with E-state index in [0.717, 1.165) is 19.5 Å². The van der Waals surface area contributed by atoms with Crippen LogP contribution in [0.2, 0.25) is 0 Å². The highest BCUT2D eigenvalue weighted by Crippen LogP contribution is 2.20. The lowest BCUT2D eigenvalue weighted by Crippen LogP contribution is -2.40. The molecule has 0 aromatic heterocycles. The predicted octanol–water partition coefficient (Wildman–Crippen LogP) is 3.66. The molecule has 0 aliphatic carbocycles. The Morgan fingerprint density at radius 3 is 3.00 bits per heavy atom. The van der Waals surface area contributed by atoms with Crippen molar-refractivity contribution in [3.8, 4) is 0 Å². The number of hydrogen-bond acceptors (Lipinski definition) is 2. The maximum Gasteiger partial charge on any atom is 0.164 e. The number of piperidine rings is 1. The Morgan fingerprint density at radius 2 is 2.26 bits per heavy atom. The highest BCUT2D eigenvalue weighted by molar-refractivity contribution is 5.96. The van der Waals surface area contributed by atoms with Crippen LogP contribution in [0.5, 0.6) is 0 Å². The van der Waals surface area contributed by atoms with Crippen LogP contribution in [0.15, 0.2) is 24.3 Å². The Hall–Kier alpha value is -1.22. The number of halogens is 1. The molecule has 1 aromatic carbocycles. The van der Waals surface area contributed by atoms with Gasteiger partial charge in [0.1, 0.15) is 5.82 Å². The van der Waals surface area contributed by atoms with E-state index in [2.05, 4.69) is 11.8 Å². The Labute approximate surface area is 114 Å². The Morgan fingerprint density at radius 1 is 1.42 bits per heavy atom. The topological polar surface area (TPSA) is 20.3 Å². The highest BCUT2D eigenvalue weighted by Gasteiger charge is 2.21. The van der Waals surface area contributed by atoms with E-state index < -0.39 is 0 Å². The summed E-state index contributed by atoms with van der Waals surface area (Å²) in [6.45, 7) is 4.10. The van der Waals surface area contributed by atoms with Gasteiger partial charge in [0.05, 0.1) is 0 Å². The Balaban J connectivity index is 1.89. The van der Waals surface area contributed by atoms with Gasteiger partial charge < -0.3 is 0 Å². The molecule has 2 nitrogen and oxygen atoms in total. The standard InChI is InChI=1S/C16H22FNO/c1-2-15-8-3-4-10-18(15)11-9-16(19)13-6-5-7-14(17)12-13/h5-7,12,15H,2-4,8-11H2,1H3. The highest BCUT2D eigenvalue weighted by atomic mass is 19.1. The second kappa shape index (κ2) is 6.80. The first-order valence-electron chi connectivity index (χ1n) is 7.23. The molecular weight excluding hydrogens is 241 g/mol. The van der Waals surface area contributed by atoms with Crippen LogP contribution < -0.4 is 0 Å². The first-order valence-corrected chi connectivity index (χ1v) is 7.23. The predicted molar refractivity (Wildman–Crippen MR) is 74.9 cm³/mol. The molecule has 0 N–H and O–H groups in total. The molecule has 1 aromatic rings. The molecule has 0 amide bonds. The number of ketones is 1. The lowest BCUT2D eigenvalue weighted by molar-refractivity contribution is 0.0922. The summed E-state index contributed by atoms with van der Waals surface area (Å²) in [6.07, 6.45) is 5.40. The van der Waals surface area contributed by atoms with Gasteiger partial charge in [0, 0.05) is 24.6 Å². The number of rotatable bonds is 5. The van der Waals surface area contributed by atoms with Crippen molar-refractivity contribution in [3.63, 3.8) is 0 Å². The molecule has 2 rings (SSSR count). The van der Waals surface area contributed by atoms with Crippen molar-refractivity contribution < 1.29 is 9.18 Å². The van der Waals surface area contributed by atoms with Gasteiger partial charge in [-0.3, -0.25) is 9.69 Å². The molecular formula is C16H22FNO. The number of nitrogens with zero attached hydrogens (tertiary/aromatic N) is 1. The molecule has 0 radical (unpaired) electrons. The molecule has 0 bridgehead atoms. The zero-order chi connectivity index (χ0) is 13.7. The summed E-state index contributed by atoms with van der Waals surface area (Å²) < 4.78 is 13.1. The minimum Gasteiger partial charge on any atom is -0.300 e. The minimum atomic E-state index is -0.338. The normalized spacial score (nSPS) is 20.4. The molecule has 1 saturated heterocycles. The number of hydrogen-bond donors (Lipinski definition) is 0. The van der Waals surface area contributed by atoms with Crippen LogP contribution in [0, 0.1) is 5.82 Å². The van der Waals surface area contributed by atoms with E-state index in [1.165, 1.54) is 31.4 Å². The Kier molecular flexibility index (Phi) is 5.08. The molecule has 3 heteroatoms. The van der Waals surface area contributed by atoms with Crippen LogP contribution >= 0.6 is 0 Å². The van der Waals surface area contributed by atoms with E-state index in [1.807, 2.05) is 0 Å². The van der Waals surface area contributed by atoms with Gasteiger partial charge in [-0.2, -0.15) is 0 Å². The van der Waals surface area contributed by atoms with Crippen molar-refractivity contribution in [2.75, 3.05) is 13.1 Å². The molecule has 0 saturated carbocycles. The van der Waals surface area contributed by atoms with E-state index in [0.29, 0.717) is 18.0 Å². The third-order valence-electron chi connectivity index (χ3n) is 3.99. The second-order valence-corrected chi connectivity index (χ2v) is 5.28. The Bertz CT molecular complexity index is 433. The average molecular weight is 263 g/mol. The van der Waals surface area contributed by atoms with Crippen molar-refractivity contribution in [2.45, 2.75) is 45.1 Å². The molecule has 1 atom stereocenters. The van der Waals surface area contributed by atoms with E-state index in [9.17, 15) is 9.18 Å². The number of carbonyl (C=O) groups excluding carboxylic acids is 1. The zero-order valence-corrected chi connectivity index (χ0v) is 11.6. The van der Waals surface area contributed by atoms with Gasteiger partial charge in [0.25, 0.3) is 0 Å². The smallest absolute Gasteiger partial charge is 0.164 e. The van der Waals surface area contributed by atoms with E-state index in [1.54, 1.807) is 12.1 Å². The summed E-state index contributed by atoms with van der Waals surface area (Å²) in [5.74, 6) is -0.296. The van der Waals surface area contributed by atoms with Crippen LogP contribution in [0.3, 0.4) is 0 Å². The summed E-state index contributed by atoms with van der Waals surface area (Å²) in [4.78, 5) is 14.5. The molecule has 1 aliphatic heterocycles. The summed E-state index contributed by atoms with van der Waals surface area (Å²) in [5.41, 5.74) is 0.491. The third-order valence-corrected chi connectivity index (χ3v) is 3.99. The van der Waals surface area contributed by atoms with Gasteiger partial charge in [-0.25, -0.2) is 4.39 Å². The van der Waals surface area contributed by atoms with Crippen LogP contribution in [0.4, 0.5) is 4.39 Å². The first-order chi connectivity index (χ1) is 9.20. The summed E-state index contributed by atoms with van der Waals surface area (Å²) in [5, 5.41) is 0. The molecule has 0 spiro atoms. The molecule has 19 heavy (non-hydrogen) atoms. The minimum absolute atomic E-state index is 0.0416. The first kappa shape index (κ1) is 14.2. The molecule has 104 valence electrons. The van der Waals surface area contributed by atoms with Crippen LogP contribution in [0.1, 0.15) is 49.4 Å². The SMILES string of the molecule is CCC1CCCCN1CCC(=O)c1cccc(F)c1. The van der Waals surface area contributed by atoms with Crippen molar-refractivity contribution in [3.05, 3.63) is 35.6 Å². The van der Waals surface area contributed by atoms with Gasteiger partial charge in [0.2, 0.25) is 0 Å². The van der Waals surface area contributed by atoms with Crippen molar-refractivity contribution in [2.24, 2.45) is 0 Å². The fourth-order valence-electron chi connectivity index (χ4n) is 2.87. The number of Topliss-reactive ketones (excluding diaryl/α,β-unsaturated/α-hetero) is 1. The fourth-order valence-corrected chi connectivity index (χ4v) is 2.87. The van der Waals surface area contributed by atoms with Crippen molar-refractivity contribution in [1.29, 1.82) is 0 Å². The molecule has 1 unspecified atom stereocenters. The molecule has 1 fully saturated rings.